The lowest BCUT2D eigenvalue weighted by Crippen LogP contribution is -2.29. The first-order valence-corrected chi connectivity index (χ1v) is 16.7. The number of unbranched alkanes of at least 4 members (excludes halogenated alkanes) is 2. The lowest BCUT2D eigenvalue weighted by atomic mass is 10.1. The Hall–Kier alpha value is -3.51. The highest BCUT2D eigenvalue weighted by atomic mass is 19.1. The maximum absolute atomic E-state index is 15.3. The van der Waals surface area contributed by atoms with Crippen molar-refractivity contribution in [1.29, 1.82) is 0 Å². The molecule has 1 saturated heterocycles. The van der Waals surface area contributed by atoms with Crippen LogP contribution in [0.2, 0.25) is 0 Å². The zero-order chi connectivity index (χ0) is 30.7. The zero-order valence-corrected chi connectivity index (χ0v) is 26.9. The number of hydrogen-bond acceptors (Lipinski definition) is 4. The fraction of sp³-hybridized carbons (Fsp3) is 0.474. The van der Waals surface area contributed by atoms with Gasteiger partial charge in [0.2, 0.25) is 0 Å². The van der Waals surface area contributed by atoms with Crippen molar-refractivity contribution in [3.8, 4) is 28.5 Å². The Kier molecular flexibility index (Phi) is 11.6. The molecule has 0 saturated carbocycles. The number of fused-ring (bicyclic) bond motifs is 1. The third kappa shape index (κ3) is 8.15. The van der Waals surface area contributed by atoms with Crippen LogP contribution in [-0.2, 0) is 6.54 Å². The van der Waals surface area contributed by atoms with E-state index < -0.39 is 0 Å². The minimum atomic E-state index is -0.333. The van der Waals surface area contributed by atoms with Gasteiger partial charge in [-0.2, -0.15) is 0 Å². The quantitative estimate of drug-likeness (QED) is 0.127. The highest BCUT2D eigenvalue weighted by Gasteiger charge is 2.19. The van der Waals surface area contributed by atoms with E-state index in [4.69, 9.17) is 14.2 Å². The Morgan fingerprint density at radius 2 is 1.41 bits per heavy atom. The van der Waals surface area contributed by atoms with Gasteiger partial charge in [-0.05, 0) is 105 Å². The summed E-state index contributed by atoms with van der Waals surface area (Å²) in [6, 6.07) is 20.1. The largest absolute Gasteiger partial charge is 0.494 e. The van der Waals surface area contributed by atoms with Crippen LogP contribution in [-0.4, -0.2) is 48.9 Å². The molecule has 1 aliphatic rings. The molecular formula is C38H49FN2O3. The number of benzene rings is 3. The first-order valence-electron chi connectivity index (χ1n) is 16.7. The van der Waals surface area contributed by atoms with Crippen molar-refractivity contribution in [1.82, 2.24) is 9.47 Å². The van der Waals surface area contributed by atoms with Crippen LogP contribution in [0, 0.1) is 12.7 Å². The molecule has 236 valence electrons. The zero-order valence-electron chi connectivity index (χ0n) is 26.9. The molecule has 0 radical (unpaired) electrons. The molecule has 2 heterocycles. The van der Waals surface area contributed by atoms with E-state index in [0.29, 0.717) is 32.1 Å². The number of hydrogen-bond donors (Lipinski definition) is 0. The van der Waals surface area contributed by atoms with Crippen LogP contribution in [0.4, 0.5) is 4.39 Å². The first kappa shape index (κ1) is 31.9. The molecule has 0 bridgehead atoms. The monoisotopic (exact) mass is 600 g/mol. The molecule has 6 heteroatoms. The molecule has 44 heavy (non-hydrogen) atoms. The number of nitrogens with zero attached hydrogens (tertiary/aromatic N) is 2. The topological polar surface area (TPSA) is 35.9 Å². The van der Waals surface area contributed by atoms with Gasteiger partial charge in [0, 0.05) is 29.6 Å². The fourth-order valence-electron chi connectivity index (χ4n) is 6.08. The van der Waals surface area contributed by atoms with Crippen molar-refractivity contribution >= 4 is 10.9 Å². The molecule has 4 aromatic rings. The van der Waals surface area contributed by atoms with Crippen LogP contribution >= 0.6 is 0 Å². The normalized spacial score (nSPS) is 14.1. The Morgan fingerprint density at radius 3 is 2.11 bits per heavy atom. The number of likely N-dealkylation sites (tertiary alicyclic amines) is 1. The minimum Gasteiger partial charge on any atom is -0.494 e. The van der Waals surface area contributed by atoms with Crippen molar-refractivity contribution in [3.63, 3.8) is 0 Å². The van der Waals surface area contributed by atoms with Crippen molar-refractivity contribution in [2.24, 2.45) is 0 Å². The van der Waals surface area contributed by atoms with E-state index in [0.717, 1.165) is 77.0 Å². The molecule has 0 amide bonds. The van der Waals surface area contributed by atoms with E-state index in [1.54, 1.807) is 12.1 Å². The second kappa shape index (κ2) is 16.0. The average Bonchev–Trinajstić information content (AvgIpc) is 3.17. The molecular weight excluding hydrogens is 551 g/mol. The summed E-state index contributed by atoms with van der Waals surface area (Å²) in [4.78, 5) is 2.52. The summed E-state index contributed by atoms with van der Waals surface area (Å²) in [5.41, 5.74) is 5.20. The SMILES string of the molecule is CCCCOc1ccc2c(c1)c(C)c(-c1ccc(OCCCC)c(F)c1)n2Cc1ccc(OCCN2CCCCCC2)cc1. The third-order valence-electron chi connectivity index (χ3n) is 8.65. The summed E-state index contributed by atoms with van der Waals surface area (Å²) < 4.78 is 35.4. The Labute approximate surface area is 262 Å². The Bertz CT molecular complexity index is 1470. The van der Waals surface area contributed by atoms with Gasteiger partial charge in [0.15, 0.2) is 11.6 Å². The van der Waals surface area contributed by atoms with E-state index in [2.05, 4.69) is 66.6 Å². The number of aromatic nitrogens is 1. The van der Waals surface area contributed by atoms with Gasteiger partial charge in [-0.25, -0.2) is 4.39 Å². The summed E-state index contributed by atoms with van der Waals surface area (Å²) in [6.45, 7) is 12.3. The highest BCUT2D eigenvalue weighted by Crippen LogP contribution is 2.37. The second-order valence-electron chi connectivity index (χ2n) is 12.0. The van der Waals surface area contributed by atoms with Crippen molar-refractivity contribution in [3.05, 3.63) is 77.6 Å². The maximum Gasteiger partial charge on any atom is 0.165 e. The standard InChI is InChI=1S/C38H49FN2O3/c1-4-6-23-42-33-17-18-36-34(27-33)29(3)38(31-14-19-37(35(39)26-31)44-24-7-5-2)41(36)28-30-12-15-32(16-13-30)43-25-22-40-20-10-8-9-11-21-40/h12-19,26-27H,4-11,20-25,28H2,1-3H3. The van der Waals surface area contributed by atoms with Crippen LogP contribution in [0.1, 0.15) is 76.3 Å². The van der Waals surface area contributed by atoms with E-state index >= 15 is 4.39 Å². The summed E-state index contributed by atoms with van der Waals surface area (Å²) >= 11 is 0. The van der Waals surface area contributed by atoms with Gasteiger partial charge in [-0.1, -0.05) is 51.7 Å². The van der Waals surface area contributed by atoms with Crippen LogP contribution < -0.4 is 14.2 Å². The van der Waals surface area contributed by atoms with Crippen molar-refractivity contribution < 1.29 is 18.6 Å². The van der Waals surface area contributed by atoms with Gasteiger partial charge < -0.3 is 18.8 Å². The number of aryl methyl sites for hydroxylation is 1. The maximum atomic E-state index is 15.3. The number of halogens is 1. The molecule has 5 nitrogen and oxygen atoms in total. The molecule has 0 spiro atoms. The van der Waals surface area contributed by atoms with Gasteiger partial charge in [-0.3, -0.25) is 4.90 Å². The summed E-state index contributed by atoms with van der Waals surface area (Å²) in [7, 11) is 0. The van der Waals surface area contributed by atoms with Crippen molar-refractivity contribution in [2.45, 2.75) is 78.7 Å². The summed E-state index contributed by atoms with van der Waals surface area (Å²) in [5.74, 6) is 1.73. The predicted molar refractivity (Wildman–Crippen MR) is 179 cm³/mol. The average molecular weight is 601 g/mol. The van der Waals surface area contributed by atoms with Crippen LogP contribution in [0.25, 0.3) is 22.2 Å². The molecule has 1 aromatic heterocycles. The van der Waals surface area contributed by atoms with E-state index in [9.17, 15) is 0 Å². The van der Waals surface area contributed by atoms with Gasteiger partial charge in [-0.15, -0.1) is 0 Å². The lowest BCUT2D eigenvalue weighted by Gasteiger charge is -2.19. The van der Waals surface area contributed by atoms with E-state index in [1.807, 2.05) is 12.1 Å². The predicted octanol–water partition coefficient (Wildman–Crippen LogP) is 9.42. The van der Waals surface area contributed by atoms with E-state index in [-0.39, 0.29) is 5.82 Å². The van der Waals surface area contributed by atoms with E-state index in [1.165, 1.54) is 38.8 Å². The van der Waals surface area contributed by atoms with Gasteiger partial charge in [0.05, 0.1) is 18.9 Å². The molecule has 1 fully saturated rings. The molecule has 0 aliphatic carbocycles. The van der Waals surface area contributed by atoms with Gasteiger partial charge >= 0.3 is 0 Å². The summed E-state index contributed by atoms with van der Waals surface area (Å²) in [6.07, 6.45) is 9.30. The second-order valence-corrected chi connectivity index (χ2v) is 12.0. The Morgan fingerprint density at radius 1 is 0.727 bits per heavy atom. The van der Waals surface area contributed by atoms with Gasteiger partial charge in [0.1, 0.15) is 18.1 Å². The number of ether oxygens (including phenoxy) is 3. The van der Waals surface area contributed by atoms with Crippen LogP contribution in [0.15, 0.2) is 60.7 Å². The lowest BCUT2D eigenvalue weighted by molar-refractivity contribution is 0.214. The van der Waals surface area contributed by atoms with Crippen LogP contribution in [0.3, 0.4) is 0 Å². The number of rotatable bonds is 15. The summed E-state index contributed by atoms with van der Waals surface area (Å²) in [5, 5.41) is 1.12. The molecule has 0 N–H and O–H groups in total. The molecule has 0 atom stereocenters. The highest BCUT2D eigenvalue weighted by molar-refractivity contribution is 5.92. The Balaban J connectivity index is 1.38. The first-order chi connectivity index (χ1) is 21.6. The fourth-order valence-corrected chi connectivity index (χ4v) is 6.08. The van der Waals surface area contributed by atoms with Gasteiger partial charge in [0.25, 0.3) is 0 Å². The van der Waals surface area contributed by atoms with Crippen molar-refractivity contribution in [2.75, 3.05) is 39.5 Å². The van der Waals surface area contributed by atoms with Crippen LogP contribution in [0.5, 0.6) is 17.2 Å². The minimum absolute atomic E-state index is 0.306. The smallest absolute Gasteiger partial charge is 0.165 e. The third-order valence-corrected chi connectivity index (χ3v) is 8.65. The molecule has 0 unspecified atom stereocenters. The molecule has 5 rings (SSSR count). The molecule has 1 aliphatic heterocycles. The molecule has 3 aromatic carbocycles.